The quantitative estimate of drug-likeness (QED) is 0.457. The topological polar surface area (TPSA) is 153 Å². The molecule has 0 saturated carbocycles. The van der Waals surface area contributed by atoms with Gasteiger partial charge in [-0.2, -0.15) is 0 Å². The standard InChI is InChI=1S/C8H8O5.C7H9NO2/c9-6-2-1-5(3-7(6)10)13-4-8(11)12;8-4-5-1-2-6(9)7(10)3-5/h1-3,9-10H,4H2,(H,11,12);1-3,9-10H,4,8H2. The molecule has 8 heteroatoms. The molecule has 8 nitrogen and oxygen atoms in total. The SMILES string of the molecule is NCc1ccc(O)c(O)c1.O=C(O)COc1ccc(O)c(O)c1. The van der Waals surface area contributed by atoms with Gasteiger partial charge in [0, 0.05) is 12.6 Å². The van der Waals surface area contributed by atoms with Gasteiger partial charge in [0.25, 0.3) is 0 Å². The predicted molar refractivity (Wildman–Crippen MR) is 80.6 cm³/mol. The van der Waals surface area contributed by atoms with Gasteiger partial charge in [-0.15, -0.1) is 0 Å². The van der Waals surface area contributed by atoms with E-state index in [-0.39, 0.29) is 28.7 Å². The van der Waals surface area contributed by atoms with Crippen LogP contribution in [0.25, 0.3) is 0 Å². The first-order valence-electron chi connectivity index (χ1n) is 6.41. The number of ether oxygens (including phenoxy) is 1. The minimum Gasteiger partial charge on any atom is -0.504 e. The monoisotopic (exact) mass is 323 g/mol. The average Bonchev–Trinajstić information content (AvgIpc) is 2.52. The molecule has 0 spiro atoms. The highest BCUT2D eigenvalue weighted by Crippen LogP contribution is 2.28. The van der Waals surface area contributed by atoms with Crippen LogP contribution in [-0.2, 0) is 11.3 Å². The molecule has 2 aromatic carbocycles. The highest BCUT2D eigenvalue weighted by molar-refractivity contribution is 5.68. The van der Waals surface area contributed by atoms with E-state index in [1.807, 2.05) is 0 Å². The minimum absolute atomic E-state index is 0.114. The van der Waals surface area contributed by atoms with Crippen molar-refractivity contribution in [2.45, 2.75) is 6.54 Å². The number of phenolic OH excluding ortho intramolecular Hbond substituents is 4. The van der Waals surface area contributed by atoms with Crippen LogP contribution in [-0.4, -0.2) is 38.1 Å². The van der Waals surface area contributed by atoms with Crippen molar-refractivity contribution in [3.63, 3.8) is 0 Å². The second-order valence-corrected chi connectivity index (χ2v) is 4.36. The molecule has 23 heavy (non-hydrogen) atoms. The van der Waals surface area contributed by atoms with Gasteiger partial charge in [0.2, 0.25) is 0 Å². The molecule has 0 aromatic heterocycles. The van der Waals surface area contributed by atoms with Gasteiger partial charge in [-0.25, -0.2) is 4.79 Å². The Morgan fingerprint density at radius 2 is 1.48 bits per heavy atom. The summed E-state index contributed by atoms with van der Waals surface area (Å²) >= 11 is 0. The third kappa shape index (κ3) is 6.02. The largest absolute Gasteiger partial charge is 0.504 e. The summed E-state index contributed by atoms with van der Waals surface area (Å²) in [4.78, 5) is 10.1. The normalized spacial score (nSPS) is 9.61. The van der Waals surface area contributed by atoms with Crippen LogP contribution < -0.4 is 10.5 Å². The molecule has 0 aliphatic carbocycles. The molecular weight excluding hydrogens is 306 g/mol. The number of carboxylic acids is 1. The summed E-state index contributed by atoms with van der Waals surface area (Å²) < 4.78 is 4.73. The van der Waals surface area contributed by atoms with Crippen LogP contribution in [0.3, 0.4) is 0 Å². The molecule has 124 valence electrons. The van der Waals surface area contributed by atoms with Crippen LogP contribution in [0.4, 0.5) is 0 Å². The van der Waals surface area contributed by atoms with Crippen LogP contribution in [0, 0.1) is 0 Å². The molecule has 0 saturated heterocycles. The number of nitrogens with two attached hydrogens (primary N) is 1. The van der Waals surface area contributed by atoms with Crippen molar-refractivity contribution in [1.82, 2.24) is 0 Å². The lowest BCUT2D eigenvalue weighted by atomic mass is 10.2. The van der Waals surface area contributed by atoms with Crippen LogP contribution in [0.1, 0.15) is 5.56 Å². The Labute approximate surface area is 131 Å². The second-order valence-electron chi connectivity index (χ2n) is 4.36. The van der Waals surface area contributed by atoms with Gasteiger partial charge in [0.1, 0.15) is 5.75 Å². The summed E-state index contributed by atoms with van der Waals surface area (Å²) in [5, 5.41) is 43.9. The van der Waals surface area contributed by atoms with Gasteiger partial charge in [-0.1, -0.05) is 6.07 Å². The Kier molecular flexibility index (Phi) is 6.50. The molecule has 7 N–H and O–H groups in total. The molecule has 0 aliphatic rings. The summed E-state index contributed by atoms with van der Waals surface area (Å²) in [6, 6.07) is 8.23. The van der Waals surface area contributed by atoms with Crippen molar-refractivity contribution in [3.05, 3.63) is 42.0 Å². The molecule has 0 bridgehead atoms. The number of rotatable bonds is 4. The Morgan fingerprint density at radius 1 is 0.913 bits per heavy atom. The summed E-state index contributed by atoms with van der Waals surface area (Å²) in [6.07, 6.45) is 0. The van der Waals surface area contributed by atoms with E-state index in [9.17, 15) is 4.79 Å². The van der Waals surface area contributed by atoms with Gasteiger partial charge < -0.3 is 36.0 Å². The maximum atomic E-state index is 10.1. The molecule has 0 radical (unpaired) electrons. The number of carbonyl (C=O) groups is 1. The lowest BCUT2D eigenvalue weighted by Gasteiger charge is -2.03. The van der Waals surface area contributed by atoms with E-state index in [0.717, 1.165) is 11.6 Å². The van der Waals surface area contributed by atoms with E-state index in [1.54, 1.807) is 6.07 Å². The fourth-order valence-electron chi connectivity index (χ4n) is 1.43. The first-order valence-corrected chi connectivity index (χ1v) is 6.41. The first kappa shape index (κ1) is 17.9. The Morgan fingerprint density at radius 3 is 1.96 bits per heavy atom. The van der Waals surface area contributed by atoms with Crippen molar-refractivity contribution in [2.24, 2.45) is 5.73 Å². The molecule has 0 amide bonds. The van der Waals surface area contributed by atoms with Gasteiger partial charge >= 0.3 is 5.97 Å². The van der Waals surface area contributed by atoms with Crippen molar-refractivity contribution >= 4 is 5.97 Å². The van der Waals surface area contributed by atoms with Gasteiger partial charge in [-0.3, -0.25) is 0 Å². The first-order chi connectivity index (χ1) is 10.8. The van der Waals surface area contributed by atoms with Crippen LogP contribution >= 0.6 is 0 Å². The molecule has 2 aromatic rings. The highest BCUT2D eigenvalue weighted by Gasteiger charge is 2.03. The predicted octanol–water partition coefficient (Wildman–Crippen LogP) is 1.12. The zero-order chi connectivity index (χ0) is 17.4. The third-order valence-corrected chi connectivity index (χ3v) is 2.58. The zero-order valence-electron chi connectivity index (χ0n) is 12.0. The minimum atomic E-state index is -1.10. The number of phenols is 4. The number of aromatic hydroxyl groups is 4. The maximum absolute atomic E-state index is 10.1. The summed E-state index contributed by atoms with van der Waals surface area (Å²) in [7, 11) is 0. The lowest BCUT2D eigenvalue weighted by Crippen LogP contribution is -2.09. The van der Waals surface area contributed by atoms with E-state index in [1.165, 1.54) is 24.3 Å². The molecule has 2 rings (SSSR count). The number of hydrogen-bond donors (Lipinski definition) is 6. The molecule has 0 aliphatic heterocycles. The van der Waals surface area contributed by atoms with Gasteiger partial charge in [0.15, 0.2) is 29.6 Å². The fourth-order valence-corrected chi connectivity index (χ4v) is 1.43. The van der Waals surface area contributed by atoms with Crippen LogP contribution in [0.2, 0.25) is 0 Å². The van der Waals surface area contributed by atoms with Crippen LogP contribution in [0.15, 0.2) is 36.4 Å². The summed E-state index contributed by atoms with van der Waals surface area (Å²) in [5.41, 5.74) is 6.08. The van der Waals surface area contributed by atoms with Crippen LogP contribution in [0.5, 0.6) is 28.7 Å². The maximum Gasteiger partial charge on any atom is 0.341 e. The van der Waals surface area contributed by atoms with Crippen molar-refractivity contribution in [1.29, 1.82) is 0 Å². The molecule has 0 heterocycles. The summed E-state index contributed by atoms with van der Waals surface area (Å²) in [6.45, 7) is -0.113. The van der Waals surface area contributed by atoms with Gasteiger partial charge in [-0.05, 0) is 29.8 Å². The molecular formula is C15H17NO7. The average molecular weight is 323 g/mol. The Balaban J connectivity index is 0.000000238. The number of hydrogen-bond acceptors (Lipinski definition) is 7. The molecule has 0 fully saturated rings. The summed E-state index contributed by atoms with van der Waals surface area (Å²) in [5.74, 6) is -1.77. The highest BCUT2D eigenvalue weighted by atomic mass is 16.5. The number of benzene rings is 2. The van der Waals surface area contributed by atoms with E-state index in [4.69, 9.17) is 36.0 Å². The van der Waals surface area contributed by atoms with Crippen molar-refractivity contribution < 1.29 is 35.1 Å². The number of carboxylic acid groups (broad SMARTS) is 1. The van der Waals surface area contributed by atoms with Gasteiger partial charge in [0.05, 0.1) is 0 Å². The van der Waals surface area contributed by atoms with E-state index in [0.29, 0.717) is 6.54 Å². The van der Waals surface area contributed by atoms with E-state index in [2.05, 4.69) is 0 Å². The molecule has 0 atom stereocenters. The third-order valence-electron chi connectivity index (χ3n) is 2.58. The second kappa shape index (κ2) is 8.35. The Bertz CT molecular complexity index is 673. The zero-order valence-corrected chi connectivity index (χ0v) is 12.0. The fraction of sp³-hybridized carbons (Fsp3) is 0.133. The van der Waals surface area contributed by atoms with E-state index >= 15 is 0 Å². The van der Waals surface area contributed by atoms with Crippen molar-refractivity contribution in [3.8, 4) is 28.7 Å². The Hall–Kier alpha value is -3.13. The molecule has 0 unspecified atom stereocenters. The van der Waals surface area contributed by atoms with Crippen molar-refractivity contribution in [2.75, 3.05) is 6.61 Å². The number of aliphatic carboxylic acids is 1. The lowest BCUT2D eigenvalue weighted by molar-refractivity contribution is -0.139. The smallest absolute Gasteiger partial charge is 0.341 e. The van der Waals surface area contributed by atoms with E-state index < -0.39 is 12.6 Å².